The van der Waals surface area contributed by atoms with Gasteiger partial charge in [-0.25, -0.2) is 0 Å². The summed E-state index contributed by atoms with van der Waals surface area (Å²) < 4.78 is 11.2. The Morgan fingerprint density at radius 2 is 1.73 bits per heavy atom. The van der Waals surface area contributed by atoms with Gasteiger partial charge in [0, 0.05) is 22.3 Å². The fraction of sp³-hybridized carbons (Fsp3) is 1.00. The standard InChI is InChI=1S/C7H13NOS.ClH/c9-10-4-6-1-7(5-10)3-8-2-6;/h6-8H,1-5H2;1H. The maximum atomic E-state index is 11.2. The summed E-state index contributed by atoms with van der Waals surface area (Å²) in [7, 11) is -0.489. The van der Waals surface area contributed by atoms with Gasteiger partial charge in [-0.05, 0) is 31.3 Å². The molecule has 4 heteroatoms. The van der Waals surface area contributed by atoms with Gasteiger partial charge in [0.2, 0.25) is 0 Å². The van der Waals surface area contributed by atoms with E-state index in [1.165, 1.54) is 6.42 Å². The van der Waals surface area contributed by atoms with Crippen LogP contribution in [0.15, 0.2) is 0 Å². The van der Waals surface area contributed by atoms with Crippen molar-refractivity contribution < 1.29 is 4.21 Å². The third-order valence-electron chi connectivity index (χ3n) is 2.38. The Balaban J connectivity index is 0.000000605. The van der Waals surface area contributed by atoms with Crippen LogP contribution in [0.1, 0.15) is 6.42 Å². The molecule has 2 aliphatic rings. The predicted octanol–water partition coefficient (Wildman–Crippen LogP) is 0.396. The van der Waals surface area contributed by atoms with Crippen molar-refractivity contribution in [1.82, 2.24) is 5.32 Å². The molecule has 0 aliphatic carbocycles. The minimum absolute atomic E-state index is 0. The van der Waals surface area contributed by atoms with Gasteiger partial charge < -0.3 is 5.32 Å². The quantitative estimate of drug-likeness (QED) is 0.606. The number of piperidine rings is 1. The molecular formula is C7H14ClNOS. The largest absolute Gasteiger partial charge is 0.316 e. The maximum absolute atomic E-state index is 11.2. The van der Waals surface area contributed by atoms with Crippen LogP contribution in [0.3, 0.4) is 0 Å². The van der Waals surface area contributed by atoms with Gasteiger partial charge in [-0.3, -0.25) is 4.21 Å². The van der Waals surface area contributed by atoms with E-state index >= 15 is 0 Å². The zero-order chi connectivity index (χ0) is 6.97. The lowest BCUT2D eigenvalue weighted by molar-refractivity contribution is 0.314. The molecule has 0 radical (unpaired) electrons. The maximum Gasteiger partial charge on any atom is 0.0275 e. The second-order valence-corrected chi connectivity index (χ2v) is 4.95. The number of hydrogen-bond acceptors (Lipinski definition) is 2. The highest BCUT2D eigenvalue weighted by atomic mass is 35.5. The molecule has 11 heavy (non-hydrogen) atoms. The number of fused-ring (bicyclic) bond motifs is 2. The number of hydrogen-bond donors (Lipinski definition) is 1. The third kappa shape index (κ3) is 2.17. The van der Waals surface area contributed by atoms with Crippen molar-refractivity contribution in [3.8, 4) is 0 Å². The van der Waals surface area contributed by atoms with Crippen LogP contribution in [-0.4, -0.2) is 28.8 Å². The summed E-state index contributed by atoms with van der Waals surface area (Å²) in [6, 6.07) is 0. The van der Waals surface area contributed by atoms with Gasteiger partial charge in [-0.2, -0.15) is 0 Å². The van der Waals surface area contributed by atoms with E-state index in [4.69, 9.17) is 0 Å². The van der Waals surface area contributed by atoms with Gasteiger partial charge in [-0.15, -0.1) is 12.4 Å². The van der Waals surface area contributed by atoms with Gasteiger partial charge in [0.05, 0.1) is 0 Å². The van der Waals surface area contributed by atoms with Crippen LogP contribution in [0.4, 0.5) is 0 Å². The molecular weight excluding hydrogens is 182 g/mol. The van der Waals surface area contributed by atoms with E-state index in [9.17, 15) is 4.21 Å². The molecule has 0 saturated carbocycles. The summed E-state index contributed by atoms with van der Waals surface area (Å²) in [5.41, 5.74) is 0. The minimum atomic E-state index is -0.489. The topological polar surface area (TPSA) is 29.1 Å². The first kappa shape index (κ1) is 9.49. The van der Waals surface area contributed by atoms with E-state index in [2.05, 4.69) is 5.32 Å². The van der Waals surface area contributed by atoms with Crippen LogP contribution < -0.4 is 5.32 Å². The van der Waals surface area contributed by atoms with Crippen molar-refractivity contribution in [1.29, 1.82) is 0 Å². The molecule has 2 nitrogen and oxygen atoms in total. The molecule has 2 unspecified atom stereocenters. The predicted molar refractivity (Wildman–Crippen MR) is 49.6 cm³/mol. The molecule has 2 bridgehead atoms. The van der Waals surface area contributed by atoms with Crippen LogP contribution in [0.5, 0.6) is 0 Å². The molecule has 0 aromatic rings. The smallest absolute Gasteiger partial charge is 0.0275 e. The van der Waals surface area contributed by atoms with Gasteiger partial charge in [0.15, 0.2) is 0 Å². The minimum Gasteiger partial charge on any atom is -0.316 e. The first-order valence-corrected chi connectivity index (χ1v) is 5.39. The molecule has 2 rings (SSSR count). The number of rotatable bonds is 0. The number of nitrogens with one attached hydrogen (secondary N) is 1. The first-order chi connectivity index (χ1) is 4.84. The van der Waals surface area contributed by atoms with Crippen molar-refractivity contribution in [2.24, 2.45) is 11.8 Å². The van der Waals surface area contributed by atoms with Crippen LogP contribution in [0, 0.1) is 11.8 Å². The highest BCUT2D eigenvalue weighted by Crippen LogP contribution is 2.23. The lowest BCUT2D eigenvalue weighted by Gasteiger charge is -2.34. The SMILES string of the molecule is Cl.O=S1CC2CNCC(C2)C1. The Morgan fingerprint density at radius 3 is 2.27 bits per heavy atom. The summed E-state index contributed by atoms with van der Waals surface area (Å²) in [4.78, 5) is 0. The summed E-state index contributed by atoms with van der Waals surface area (Å²) in [5, 5.41) is 3.37. The highest BCUT2D eigenvalue weighted by molar-refractivity contribution is 7.85. The highest BCUT2D eigenvalue weighted by Gasteiger charge is 2.29. The van der Waals surface area contributed by atoms with Crippen LogP contribution in [0.25, 0.3) is 0 Å². The summed E-state index contributed by atoms with van der Waals surface area (Å²) in [5.74, 6) is 3.33. The van der Waals surface area contributed by atoms with E-state index in [1.54, 1.807) is 0 Å². The molecule has 0 spiro atoms. The monoisotopic (exact) mass is 195 g/mol. The Kier molecular flexibility index (Phi) is 3.34. The van der Waals surface area contributed by atoms with E-state index in [0.717, 1.165) is 24.6 Å². The molecule has 66 valence electrons. The molecule has 0 amide bonds. The Hall–Kier alpha value is 0.400. The van der Waals surface area contributed by atoms with Gasteiger partial charge in [0.1, 0.15) is 0 Å². The van der Waals surface area contributed by atoms with Crippen molar-refractivity contribution >= 4 is 23.2 Å². The van der Waals surface area contributed by atoms with Crippen LogP contribution in [0.2, 0.25) is 0 Å². The molecule has 0 aromatic heterocycles. The zero-order valence-electron chi connectivity index (χ0n) is 6.41. The van der Waals surface area contributed by atoms with Gasteiger partial charge in [0.25, 0.3) is 0 Å². The average Bonchev–Trinajstić information content (AvgIpc) is 1.85. The summed E-state index contributed by atoms with van der Waals surface area (Å²) >= 11 is 0. The van der Waals surface area contributed by atoms with Crippen LogP contribution in [-0.2, 0) is 10.8 Å². The van der Waals surface area contributed by atoms with Crippen molar-refractivity contribution in [2.75, 3.05) is 24.6 Å². The van der Waals surface area contributed by atoms with E-state index < -0.39 is 10.8 Å². The van der Waals surface area contributed by atoms with Crippen LogP contribution >= 0.6 is 12.4 Å². The molecule has 1 N–H and O–H groups in total. The summed E-state index contributed by atoms with van der Waals surface area (Å²) in [6.07, 6.45) is 1.32. The summed E-state index contributed by atoms with van der Waals surface area (Å²) in [6.45, 7) is 2.20. The second kappa shape index (κ2) is 3.87. The third-order valence-corrected chi connectivity index (χ3v) is 4.06. The fourth-order valence-electron chi connectivity index (χ4n) is 1.98. The van der Waals surface area contributed by atoms with E-state index in [-0.39, 0.29) is 12.4 Å². The van der Waals surface area contributed by atoms with Gasteiger partial charge in [-0.1, -0.05) is 0 Å². The molecule has 2 atom stereocenters. The lowest BCUT2D eigenvalue weighted by atomic mass is 9.93. The normalized spacial score (nSPS) is 42.7. The Labute approximate surface area is 76.0 Å². The van der Waals surface area contributed by atoms with Gasteiger partial charge >= 0.3 is 0 Å². The Morgan fingerprint density at radius 1 is 1.18 bits per heavy atom. The first-order valence-electron chi connectivity index (χ1n) is 3.90. The molecule has 2 fully saturated rings. The van der Waals surface area contributed by atoms with E-state index in [0.29, 0.717) is 11.8 Å². The fourth-order valence-corrected chi connectivity index (χ4v) is 3.67. The second-order valence-electron chi connectivity index (χ2n) is 3.40. The molecule has 2 heterocycles. The molecule has 2 aliphatic heterocycles. The van der Waals surface area contributed by atoms with Crippen molar-refractivity contribution in [2.45, 2.75) is 6.42 Å². The molecule has 0 aromatic carbocycles. The van der Waals surface area contributed by atoms with E-state index in [1.807, 2.05) is 0 Å². The Bertz CT molecular complexity index is 151. The number of halogens is 1. The average molecular weight is 196 g/mol. The molecule has 2 saturated heterocycles. The van der Waals surface area contributed by atoms with Crippen molar-refractivity contribution in [3.63, 3.8) is 0 Å². The zero-order valence-corrected chi connectivity index (χ0v) is 8.05. The lowest BCUT2D eigenvalue weighted by Crippen LogP contribution is -2.44. The van der Waals surface area contributed by atoms with Crippen molar-refractivity contribution in [3.05, 3.63) is 0 Å².